The first-order valence-electron chi connectivity index (χ1n) is 10.3. The van der Waals surface area contributed by atoms with E-state index < -0.39 is 9.84 Å². The molecule has 3 aromatic rings. The van der Waals surface area contributed by atoms with Crippen molar-refractivity contribution in [3.63, 3.8) is 0 Å². The summed E-state index contributed by atoms with van der Waals surface area (Å²) < 4.78 is 29.3. The molecule has 3 aromatic carbocycles. The van der Waals surface area contributed by atoms with Gasteiger partial charge in [-0.1, -0.05) is 42.1 Å². The van der Waals surface area contributed by atoms with Crippen molar-refractivity contribution in [3.8, 4) is 5.75 Å². The third kappa shape index (κ3) is 5.49. The smallest absolute Gasteiger partial charge is 0.175 e. The Morgan fingerprint density at radius 3 is 2.34 bits per heavy atom. The van der Waals surface area contributed by atoms with Crippen molar-refractivity contribution in [2.24, 2.45) is 0 Å². The van der Waals surface area contributed by atoms with Crippen LogP contribution >= 0.6 is 24.2 Å². The highest BCUT2D eigenvalue weighted by molar-refractivity contribution is 7.99. The highest BCUT2D eigenvalue weighted by Gasteiger charge is 2.25. The Morgan fingerprint density at radius 2 is 1.72 bits per heavy atom. The number of halogens is 1. The van der Waals surface area contributed by atoms with Crippen LogP contribution in [0.5, 0.6) is 5.75 Å². The zero-order valence-electron chi connectivity index (χ0n) is 18.4. The quantitative estimate of drug-likeness (QED) is 0.487. The molecule has 32 heavy (non-hydrogen) atoms. The number of nitrogens with zero attached hydrogens (tertiary/aromatic N) is 1. The van der Waals surface area contributed by atoms with E-state index >= 15 is 0 Å². The van der Waals surface area contributed by atoms with Gasteiger partial charge in [0.2, 0.25) is 0 Å². The molecule has 0 radical (unpaired) electrons. The zero-order chi connectivity index (χ0) is 22.0. The monoisotopic (exact) mass is 489 g/mol. The Morgan fingerprint density at radius 1 is 1.03 bits per heavy atom. The van der Waals surface area contributed by atoms with Gasteiger partial charge in [-0.25, -0.2) is 8.42 Å². The van der Waals surface area contributed by atoms with Crippen LogP contribution in [0.4, 0.5) is 0 Å². The van der Waals surface area contributed by atoms with Gasteiger partial charge in [0, 0.05) is 30.2 Å². The summed E-state index contributed by atoms with van der Waals surface area (Å²) in [6, 6.07) is 22.1. The van der Waals surface area contributed by atoms with Gasteiger partial charge in [0.25, 0.3) is 0 Å². The molecule has 1 atom stereocenters. The van der Waals surface area contributed by atoms with Crippen molar-refractivity contribution in [2.45, 2.75) is 27.0 Å². The molecule has 0 N–H and O–H groups in total. The first kappa shape index (κ1) is 24.6. The van der Waals surface area contributed by atoms with E-state index in [9.17, 15) is 8.42 Å². The molecule has 0 spiro atoms. The third-order valence-corrected chi connectivity index (χ3v) is 7.91. The van der Waals surface area contributed by atoms with Crippen LogP contribution in [-0.2, 0) is 16.3 Å². The normalized spacial score (nSPS) is 16.5. The van der Waals surface area contributed by atoms with Gasteiger partial charge in [-0.15, -0.1) is 12.4 Å². The molecule has 4 rings (SSSR count). The van der Waals surface area contributed by atoms with E-state index in [1.807, 2.05) is 12.1 Å². The number of ether oxygens (including phenoxy) is 1. The molecule has 0 aromatic heterocycles. The molecule has 1 aliphatic rings. The lowest BCUT2D eigenvalue weighted by atomic mass is 9.88. The Hall–Kier alpha value is -1.99. The number of hydrogen-bond acceptors (Lipinski definition) is 5. The summed E-state index contributed by atoms with van der Waals surface area (Å²) in [7, 11) is 0.688. The Balaban J connectivity index is 0.00000289. The number of benzene rings is 3. The summed E-state index contributed by atoms with van der Waals surface area (Å²) in [5, 5.41) is 0. The van der Waals surface area contributed by atoms with Gasteiger partial charge in [-0.2, -0.15) is 0 Å². The molecule has 0 saturated carbocycles. The van der Waals surface area contributed by atoms with E-state index in [1.165, 1.54) is 22.9 Å². The molecule has 0 bridgehead atoms. The van der Waals surface area contributed by atoms with Gasteiger partial charge in [0.1, 0.15) is 5.75 Å². The number of fused-ring (bicyclic) bond motifs is 1. The van der Waals surface area contributed by atoms with Crippen molar-refractivity contribution in [2.75, 3.05) is 33.5 Å². The maximum Gasteiger partial charge on any atom is 0.175 e. The lowest BCUT2D eigenvalue weighted by Crippen LogP contribution is -2.24. The van der Waals surface area contributed by atoms with E-state index in [0.717, 1.165) is 35.1 Å². The number of likely N-dealkylation sites (N-methyl/N-ethyl adjacent to an activating group) is 1. The van der Waals surface area contributed by atoms with Crippen LogP contribution in [-0.4, -0.2) is 46.8 Å². The Labute approximate surface area is 201 Å². The SMILES string of the molecule is COc1cc2c(cc1Sc1ccc(S(C)(=O)=O)cc1)CCN(C)CC2c1ccccc1.Cl. The number of rotatable bonds is 5. The van der Waals surface area contributed by atoms with E-state index in [0.29, 0.717) is 10.8 Å². The molecule has 1 heterocycles. The summed E-state index contributed by atoms with van der Waals surface area (Å²) in [5.74, 6) is 1.15. The summed E-state index contributed by atoms with van der Waals surface area (Å²) in [6.07, 6.45) is 2.21. The fraction of sp³-hybridized carbons (Fsp3) is 0.280. The fourth-order valence-electron chi connectivity index (χ4n) is 4.06. The first-order chi connectivity index (χ1) is 14.8. The fourth-order valence-corrected chi connectivity index (χ4v) is 5.66. The molecule has 1 unspecified atom stereocenters. The van der Waals surface area contributed by atoms with Crippen LogP contribution in [0.3, 0.4) is 0 Å². The van der Waals surface area contributed by atoms with Crippen molar-refractivity contribution in [1.82, 2.24) is 4.90 Å². The van der Waals surface area contributed by atoms with Crippen molar-refractivity contribution < 1.29 is 13.2 Å². The van der Waals surface area contributed by atoms with E-state index in [4.69, 9.17) is 4.74 Å². The molecule has 0 amide bonds. The molecule has 1 aliphatic heterocycles. The van der Waals surface area contributed by atoms with Gasteiger partial charge in [-0.3, -0.25) is 0 Å². The molecule has 4 nitrogen and oxygen atoms in total. The Kier molecular flexibility index (Phi) is 7.93. The van der Waals surface area contributed by atoms with Crippen LogP contribution in [0.25, 0.3) is 0 Å². The van der Waals surface area contributed by atoms with Crippen LogP contribution in [0.2, 0.25) is 0 Å². The summed E-state index contributed by atoms with van der Waals surface area (Å²) in [4.78, 5) is 4.75. The molecule has 0 fully saturated rings. The topological polar surface area (TPSA) is 46.6 Å². The predicted octanol–water partition coefficient (Wildman–Crippen LogP) is 5.29. The molecular weight excluding hydrogens is 462 g/mol. The Bertz CT molecular complexity index is 1170. The summed E-state index contributed by atoms with van der Waals surface area (Å²) >= 11 is 1.60. The molecule has 170 valence electrons. The maximum absolute atomic E-state index is 11.7. The number of sulfone groups is 1. The van der Waals surface area contributed by atoms with Gasteiger partial charge in [0.05, 0.1) is 16.9 Å². The highest BCUT2D eigenvalue weighted by Crippen LogP contribution is 2.41. The van der Waals surface area contributed by atoms with Crippen molar-refractivity contribution in [1.29, 1.82) is 0 Å². The van der Waals surface area contributed by atoms with Crippen LogP contribution in [0.1, 0.15) is 22.6 Å². The second kappa shape index (κ2) is 10.3. The minimum Gasteiger partial charge on any atom is -0.496 e. The van der Waals surface area contributed by atoms with E-state index in [1.54, 1.807) is 31.0 Å². The lowest BCUT2D eigenvalue weighted by molar-refractivity contribution is 0.338. The van der Waals surface area contributed by atoms with Crippen molar-refractivity contribution >= 4 is 34.0 Å². The lowest BCUT2D eigenvalue weighted by Gasteiger charge is -2.23. The number of methoxy groups -OCH3 is 1. The second-order valence-electron chi connectivity index (χ2n) is 8.02. The molecule has 0 aliphatic carbocycles. The second-order valence-corrected chi connectivity index (χ2v) is 11.2. The highest BCUT2D eigenvalue weighted by atomic mass is 35.5. The largest absolute Gasteiger partial charge is 0.496 e. The van der Waals surface area contributed by atoms with Crippen LogP contribution in [0.15, 0.2) is 81.4 Å². The van der Waals surface area contributed by atoms with E-state index in [2.05, 4.69) is 54.4 Å². The zero-order valence-corrected chi connectivity index (χ0v) is 20.9. The summed E-state index contributed by atoms with van der Waals surface area (Å²) in [6.45, 7) is 1.98. The first-order valence-corrected chi connectivity index (χ1v) is 13.0. The predicted molar refractivity (Wildman–Crippen MR) is 133 cm³/mol. The van der Waals surface area contributed by atoms with Gasteiger partial charge in [0.15, 0.2) is 9.84 Å². The van der Waals surface area contributed by atoms with Gasteiger partial charge < -0.3 is 9.64 Å². The van der Waals surface area contributed by atoms with Gasteiger partial charge >= 0.3 is 0 Å². The standard InChI is InChI=1S/C25H27NO3S2.ClH/c1-26-14-13-19-15-25(30-20-9-11-21(12-10-20)31(3,27)28)24(29-2)16-22(19)23(17-26)18-7-5-4-6-8-18;/h4-12,15-16,23H,13-14,17H2,1-3H3;1H. The summed E-state index contributed by atoms with van der Waals surface area (Å²) in [5.41, 5.74) is 3.98. The van der Waals surface area contributed by atoms with Gasteiger partial charge in [-0.05, 0) is 66.6 Å². The number of hydrogen-bond donors (Lipinski definition) is 0. The molecular formula is C25H28ClNO3S2. The third-order valence-electron chi connectivity index (χ3n) is 5.74. The minimum absolute atomic E-state index is 0. The molecule has 7 heteroatoms. The van der Waals surface area contributed by atoms with Crippen LogP contribution in [0, 0.1) is 0 Å². The van der Waals surface area contributed by atoms with E-state index in [-0.39, 0.29) is 12.4 Å². The average molecular weight is 490 g/mol. The molecule has 0 saturated heterocycles. The van der Waals surface area contributed by atoms with Crippen LogP contribution < -0.4 is 4.74 Å². The average Bonchev–Trinajstić information content (AvgIpc) is 2.92. The maximum atomic E-state index is 11.7. The minimum atomic E-state index is -3.20. The van der Waals surface area contributed by atoms with Crippen molar-refractivity contribution in [3.05, 3.63) is 83.4 Å².